The fraction of sp³-hybridized carbons (Fsp3) is 0.833. The Balaban J connectivity index is 1.78. The Morgan fingerprint density at radius 2 is 2.06 bits per heavy atom. The maximum absolute atomic E-state index is 5.45. The van der Waals surface area contributed by atoms with Crippen molar-refractivity contribution in [2.24, 2.45) is 0 Å². The van der Waals surface area contributed by atoms with Crippen molar-refractivity contribution in [1.29, 1.82) is 0 Å². The summed E-state index contributed by atoms with van der Waals surface area (Å²) in [6.45, 7) is 5.32. The number of hydrogen-bond donors (Lipinski definition) is 1. The van der Waals surface area contributed by atoms with E-state index < -0.39 is 0 Å². The first-order chi connectivity index (χ1) is 8.28. The van der Waals surface area contributed by atoms with Crippen molar-refractivity contribution >= 4 is 5.95 Å². The van der Waals surface area contributed by atoms with Gasteiger partial charge in [0.05, 0.1) is 5.54 Å². The molecule has 1 aromatic rings. The van der Waals surface area contributed by atoms with Gasteiger partial charge in [-0.3, -0.25) is 0 Å². The average molecular weight is 236 g/mol. The monoisotopic (exact) mass is 236 g/mol. The number of anilines is 1. The molecule has 2 aliphatic heterocycles. The third-order valence-electron chi connectivity index (χ3n) is 3.89. The summed E-state index contributed by atoms with van der Waals surface area (Å²) in [6.07, 6.45) is 6.01. The molecule has 0 bridgehead atoms. The molecule has 1 N–H and O–H groups in total. The van der Waals surface area contributed by atoms with E-state index in [-0.39, 0.29) is 5.54 Å². The molecule has 0 amide bonds. The van der Waals surface area contributed by atoms with Gasteiger partial charge in [-0.05, 0) is 50.7 Å². The molecule has 17 heavy (non-hydrogen) atoms. The number of piperidine rings is 1. The van der Waals surface area contributed by atoms with Gasteiger partial charge in [-0.1, -0.05) is 0 Å². The van der Waals surface area contributed by atoms with Gasteiger partial charge in [0.1, 0.15) is 0 Å². The summed E-state index contributed by atoms with van der Waals surface area (Å²) in [5, 5.41) is 7.62. The summed E-state index contributed by atoms with van der Waals surface area (Å²) in [5.74, 6) is 1.52. The highest BCUT2D eigenvalue weighted by atomic mass is 16.5. The van der Waals surface area contributed by atoms with E-state index in [0.29, 0.717) is 0 Å². The normalized spacial score (nSPS) is 29.8. The lowest BCUT2D eigenvalue weighted by Gasteiger charge is -2.31. The highest BCUT2D eigenvalue weighted by molar-refractivity contribution is 5.29. The van der Waals surface area contributed by atoms with E-state index in [4.69, 9.17) is 4.52 Å². The van der Waals surface area contributed by atoms with Crippen molar-refractivity contribution in [1.82, 2.24) is 15.5 Å². The van der Waals surface area contributed by atoms with Crippen LogP contribution in [0.5, 0.6) is 0 Å². The zero-order valence-corrected chi connectivity index (χ0v) is 10.4. The van der Waals surface area contributed by atoms with Crippen LogP contribution in [-0.2, 0) is 5.54 Å². The molecule has 1 aromatic heterocycles. The summed E-state index contributed by atoms with van der Waals surface area (Å²) in [4.78, 5) is 6.78. The van der Waals surface area contributed by atoms with Crippen molar-refractivity contribution in [3.05, 3.63) is 5.89 Å². The molecule has 5 heteroatoms. The maximum Gasteiger partial charge on any atom is 0.266 e. The molecule has 0 aromatic carbocycles. The van der Waals surface area contributed by atoms with E-state index in [1.807, 2.05) is 0 Å². The van der Waals surface area contributed by atoms with Crippen molar-refractivity contribution in [2.45, 2.75) is 44.6 Å². The quantitative estimate of drug-likeness (QED) is 0.846. The SMILES string of the molecule is CC1(c2nc(N3CCCC3)no2)CCCCN1. The summed E-state index contributed by atoms with van der Waals surface area (Å²) >= 11 is 0. The smallest absolute Gasteiger partial charge is 0.266 e. The van der Waals surface area contributed by atoms with Gasteiger partial charge in [0.15, 0.2) is 0 Å². The standard InChI is InChI=1S/C12H20N4O/c1-12(6-2-3-7-13-12)10-14-11(15-17-10)16-8-4-5-9-16/h13H,2-9H2,1H3. The highest BCUT2D eigenvalue weighted by Gasteiger charge is 2.34. The largest absolute Gasteiger partial charge is 0.338 e. The van der Waals surface area contributed by atoms with Gasteiger partial charge in [0, 0.05) is 13.1 Å². The molecule has 3 rings (SSSR count). The number of nitrogens with zero attached hydrogens (tertiary/aromatic N) is 3. The number of nitrogens with one attached hydrogen (secondary N) is 1. The Hall–Kier alpha value is -1.10. The van der Waals surface area contributed by atoms with Crippen LogP contribution in [0, 0.1) is 0 Å². The molecule has 0 aliphatic carbocycles. The van der Waals surface area contributed by atoms with Gasteiger partial charge in [-0.25, -0.2) is 0 Å². The fourth-order valence-electron chi connectivity index (χ4n) is 2.72. The lowest BCUT2D eigenvalue weighted by Crippen LogP contribution is -2.43. The zero-order chi connectivity index (χ0) is 11.7. The lowest BCUT2D eigenvalue weighted by atomic mass is 9.91. The molecule has 3 heterocycles. The first kappa shape index (κ1) is 11.0. The average Bonchev–Trinajstić information content (AvgIpc) is 3.01. The maximum atomic E-state index is 5.45. The minimum absolute atomic E-state index is 0.122. The van der Waals surface area contributed by atoms with Crippen LogP contribution < -0.4 is 10.2 Å². The second-order valence-corrected chi connectivity index (χ2v) is 5.31. The van der Waals surface area contributed by atoms with Gasteiger partial charge < -0.3 is 14.7 Å². The summed E-state index contributed by atoms with van der Waals surface area (Å²) in [7, 11) is 0. The Kier molecular flexibility index (Phi) is 2.78. The van der Waals surface area contributed by atoms with Gasteiger partial charge in [-0.2, -0.15) is 4.98 Å². The Morgan fingerprint density at radius 3 is 2.76 bits per heavy atom. The van der Waals surface area contributed by atoms with Crippen molar-refractivity contribution in [3.63, 3.8) is 0 Å². The van der Waals surface area contributed by atoms with Crippen molar-refractivity contribution in [3.8, 4) is 0 Å². The van der Waals surface area contributed by atoms with Gasteiger partial charge in [-0.15, -0.1) is 0 Å². The van der Waals surface area contributed by atoms with E-state index in [0.717, 1.165) is 37.9 Å². The molecule has 2 aliphatic rings. The zero-order valence-electron chi connectivity index (χ0n) is 10.4. The summed E-state index contributed by atoms with van der Waals surface area (Å²) in [5.41, 5.74) is -0.122. The summed E-state index contributed by atoms with van der Waals surface area (Å²) < 4.78 is 5.45. The van der Waals surface area contributed by atoms with Crippen LogP contribution >= 0.6 is 0 Å². The predicted octanol–water partition coefficient (Wildman–Crippen LogP) is 1.66. The molecule has 2 saturated heterocycles. The van der Waals surface area contributed by atoms with E-state index in [1.54, 1.807) is 0 Å². The third kappa shape index (κ3) is 2.04. The molecule has 1 unspecified atom stereocenters. The molecular formula is C12H20N4O. The molecule has 94 valence electrons. The van der Waals surface area contributed by atoms with Gasteiger partial charge >= 0.3 is 0 Å². The minimum Gasteiger partial charge on any atom is -0.338 e. The molecule has 0 spiro atoms. The van der Waals surface area contributed by atoms with Crippen LogP contribution in [0.1, 0.15) is 44.9 Å². The van der Waals surface area contributed by atoms with Crippen LogP contribution in [0.25, 0.3) is 0 Å². The van der Waals surface area contributed by atoms with Crippen LogP contribution in [-0.4, -0.2) is 29.8 Å². The Morgan fingerprint density at radius 1 is 1.24 bits per heavy atom. The second-order valence-electron chi connectivity index (χ2n) is 5.31. The van der Waals surface area contributed by atoms with Crippen LogP contribution in [0.3, 0.4) is 0 Å². The van der Waals surface area contributed by atoms with Crippen LogP contribution in [0.4, 0.5) is 5.95 Å². The molecule has 5 nitrogen and oxygen atoms in total. The third-order valence-corrected chi connectivity index (χ3v) is 3.89. The first-order valence-electron chi connectivity index (χ1n) is 6.62. The fourth-order valence-corrected chi connectivity index (χ4v) is 2.72. The number of rotatable bonds is 2. The number of hydrogen-bond acceptors (Lipinski definition) is 5. The summed E-state index contributed by atoms with van der Waals surface area (Å²) in [6, 6.07) is 0. The molecule has 1 atom stereocenters. The van der Waals surface area contributed by atoms with E-state index in [1.165, 1.54) is 25.7 Å². The van der Waals surface area contributed by atoms with Crippen molar-refractivity contribution < 1.29 is 4.52 Å². The molecule has 0 saturated carbocycles. The topological polar surface area (TPSA) is 54.2 Å². The highest BCUT2D eigenvalue weighted by Crippen LogP contribution is 2.30. The minimum atomic E-state index is -0.122. The molecule has 2 fully saturated rings. The van der Waals surface area contributed by atoms with Gasteiger partial charge in [0.25, 0.3) is 5.95 Å². The van der Waals surface area contributed by atoms with Crippen LogP contribution in [0.2, 0.25) is 0 Å². The first-order valence-corrected chi connectivity index (χ1v) is 6.62. The lowest BCUT2D eigenvalue weighted by molar-refractivity contribution is 0.207. The molecule has 0 radical (unpaired) electrons. The Bertz CT molecular complexity index is 378. The molecular weight excluding hydrogens is 216 g/mol. The second kappa shape index (κ2) is 4.29. The van der Waals surface area contributed by atoms with E-state index in [9.17, 15) is 0 Å². The Labute approximate surface area is 102 Å². The van der Waals surface area contributed by atoms with E-state index >= 15 is 0 Å². The van der Waals surface area contributed by atoms with Crippen LogP contribution in [0.15, 0.2) is 4.52 Å². The van der Waals surface area contributed by atoms with Gasteiger partial charge in [0.2, 0.25) is 5.89 Å². The predicted molar refractivity (Wildman–Crippen MR) is 65.0 cm³/mol. The van der Waals surface area contributed by atoms with E-state index in [2.05, 4.69) is 27.3 Å². The van der Waals surface area contributed by atoms with Crippen molar-refractivity contribution in [2.75, 3.05) is 24.5 Å². The number of aromatic nitrogens is 2.